The van der Waals surface area contributed by atoms with Crippen molar-refractivity contribution in [2.24, 2.45) is 0 Å². The molecule has 8 heavy (non-hydrogen) atoms. The Balaban J connectivity index is 2.84. The average Bonchev–Trinajstić information content (AvgIpc) is 2.14. The molecule has 0 bridgehead atoms. The number of thiophene rings is 1. The van der Waals surface area contributed by atoms with Crippen LogP contribution >= 0.6 is 11.3 Å². The molecule has 0 amide bonds. The average molecular weight is 126 g/mol. The summed E-state index contributed by atoms with van der Waals surface area (Å²) in [6.07, 6.45) is 1.17. The smallest absolute Gasteiger partial charge is 0.00170 e. The highest BCUT2D eigenvalue weighted by molar-refractivity contribution is 7.10. The van der Waals surface area contributed by atoms with Crippen LogP contribution in [0.1, 0.15) is 17.4 Å². The molecule has 0 atom stereocenters. The molecule has 0 aliphatic heterocycles. The van der Waals surface area contributed by atoms with Crippen LogP contribution < -0.4 is 0 Å². The lowest BCUT2D eigenvalue weighted by Crippen LogP contribution is -1.67. The quantitative estimate of drug-likeness (QED) is 0.542. The Morgan fingerprint density at radius 2 is 2.38 bits per heavy atom. The first-order valence-electron chi connectivity index (χ1n) is 2.87. The van der Waals surface area contributed by atoms with Crippen LogP contribution in [0.2, 0.25) is 0 Å². The topological polar surface area (TPSA) is 0 Å². The van der Waals surface area contributed by atoms with Gasteiger partial charge in [-0.25, -0.2) is 0 Å². The minimum Gasteiger partial charge on any atom is -0.149 e. The van der Waals surface area contributed by atoms with Gasteiger partial charge in [-0.2, -0.15) is 0 Å². The second-order valence-corrected chi connectivity index (χ2v) is 3.03. The fraction of sp³-hybridized carbons (Fsp3) is 0.429. The Bertz CT molecular complexity index is 165. The monoisotopic (exact) mass is 126 g/mol. The molecule has 1 aromatic rings. The molecule has 0 saturated carbocycles. The molecule has 0 aromatic carbocycles. The molecular formula is C7H10S. The van der Waals surface area contributed by atoms with E-state index in [9.17, 15) is 0 Å². The Kier molecular flexibility index (Phi) is 1.69. The standard InChI is InChI=1S/C7H10S/c1-3-7-4-6(2)8-5-7/h4-5H,3H2,1-2H3. The van der Waals surface area contributed by atoms with E-state index in [2.05, 4.69) is 25.3 Å². The molecule has 0 N–H and O–H groups in total. The fourth-order valence-electron chi connectivity index (χ4n) is 0.683. The highest BCUT2D eigenvalue weighted by Crippen LogP contribution is 2.12. The lowest BCUT2D eigenvalue weighted by Gasteiger charge is -1.80. The van der Waals surface area contributed by atoms with Gasteiger partial charge in [0.1, 0.15) is 0 Å². The Labute approximate surface area is 54.2 Å². The Morgan fingerprint density at radius 3 is 2.62 bits per heavy atom. The summed E-state index contributed by atoms with van der Waals surface area (Å²) in [5, 5.41) is 2.22. The van der Waals surface area contributed by atoms with E-state index in [-0.39, 0.29) is 0 Å². The van der Waals surface area contributed by atoms with Crippen molar-refractivity contribution in [3.8, 4) is 0 Å². The third kappa shape index (κ3) is 1.10. The maximum Gasteiger partial charge on any atom is 0.00170 e. The molecule has 0 radical (unpaired) electrons. The maximum atomic E-state index is 2.24. The van der Waals surface area contributed by atoms with Gasteiger partial charge in [0.05, 0.1) is 0 Å². The molecule has 0 aliphatic carbocycles. The van der Waals surface area contributed by atoms with E-state index in [0.717, 1.165) is 0 Å². The van der Waals surface area contributed by atoms with Crippen molar-refractivity contribution < 1.29 is 0 Å². The highest BCUT2D eigenvalue weighted by atomic mass is 32.1. The summed E-state index contributed by atoms with van der Waals surface area (Å²) >= 11 is 1.83. The number of rotatable bonds is 1. The maximum absolute atomic E-state index is 2.24. The van der Waals surface area contributed by atoms with Crippen LogP contribution in [0, 0.1) is 6.92 Å². The van der Waals surface area contributed by atoms with Crippen LogP contribution in [0.4, 0.5) is 0 Å². The van der Waals surface area contributed by atoms with E-state index in [1.807, 2.05) is 11.3 Å². The molecular weight excluding hydrogens is 116 g/mol. The van der Waals surface area contributed by atoms with E-state index in [4.69, 9.17) is 0 Å². The Morgan fingerprint density at radius 1 is 1.62 bits per heavy atom. The molecule has 0 spiro atoms. The fourth-order valence-corrected chi connectivity index (χ4v) is 1.47. The predicted molar refractivity (Wildman–Crippen MR) is 38.4 cm³/mol. The van der Waals surface area contributed by atoms with E-state index >= 15 is 0 Å². The van der Waals surface area contributed by atoms with Gasteiger partial charge in [0.25, 0.3) is 0 Å². The van der Waals surface area contributed by atoms with Gasteiger partial charge in [0, 0.05) is 4.88 Å². The zero-order valence-corrected chi connectivity index (χ0v) is 6.09. The van der Waals surface area contributed by atoms with E-state index < -0.39 is 0 Å². The predicted octanol–water partition coefficient (Wildman–Crippen LogP) is 2.62. The van der Waals surface area contributed by atoms with Crippen LogP contribution in [-0.2, 0) is 6.42 Å². The van der Waals surface area contributed by atoms with Crippen molar-refractivity contribution in [2.75, 3.05) is 0 Å². The summed E-state index contributed by atoms with van der Waals surface area (Å²) in [7, 11) is 0. The SMILES string of the molecule is CCc1csc(C)c1. The molecule has 44 valence electrons. The first-order chi connectivity index (χ1) is 3.83. The second-order valence-electron chi connectivity index (χ2n) is 1.92. The van der Waals surface area contributed by atoms with Crippen molar-refractivity contribution in [2.45, 2.75) is 20.3 Å². The summed E-state index contributed by atoms with van der Waals surface area (Å²) in [4.78, 5) is 1.42. The molecule has 0 aliphatic rings. The van der Waals surface area contributed by atoms with Gasteiger partial charge >= 0.3 is 0 Å². The molecule has 0 saturated heterocycles. The van der Waals surface area contributed by atoms with Crippen molar-refractivity contribution in [1.29, 1.82) is 0 Å². The number of hydrogen-bond acceptors (Lipinski definition) is 1. The van der Waals surface area contributed by atoms with Crippen LogP contribution in [0.5, 0.6) is 0 Å². The van der Waals surface area contributed by atoms with Gasteiger partial charge in [-0.05, 0) is 30.4 Å². The first kappa shape index (κ1) is 5.83. The van der Waals surface area contributed by atoms with Gasteiger partial charge in [0.15, 0.2) is 0 Å². The number of aryl methyl sites for hydroxylation is 2. The first-order valence-corrected chi connectivity index (χ1v) is 3.75. The molecule has 0 nitrogen and oxygen atoms in total. The van der Waals surface area contributed by atoms with Gasteiger partial charge in [-0.15, -0.1) is 11.3 Å². The zero-order valence-electron chi connectivity index (χ0n) is 5.27. The summed E-state index contributed by atoms with van der Waals surface area (Å²) in [6, 6.07) is 2.24. The van der Waals surface area contributed by atoms with Crippen molar-refractivity contribution in [3.05, 3.63) is 21.9 Å². The van der Waals surface area contributed by atoms with E-state index in [1.54, 1.807) is 0 Å². The second kappa shape index (κ2) is 2.31. The van der Waals surface area contributed by atoms with E-state index in [0.29, 0.717) is 0 Å². The number of hydrogen-bond donors (Lipinski definition) is 0. The van der Waals surface area contributed by atoms with Crippen LogP contribution in [0.3, 0.4) is 0 Å². The van der Waals surface area contributed by atoms with Gasteiger partial charge in [0.2, 0.25) is 0 Å². The molecule has 1 rings (SSSR count). The lowest BCUT2D eigenvalue weighted by molar-refractivity contribution is 1.15. The molecule has 1 aromatic heterocycles. The third-order valence-electron chi connectivity index (χ3n) is 1.19. The van der Waals surface area contributed by atoms with E-state index in [1.165, 1.54) is 16.9 Å². The highest BCUT2D eigenvalue weighted by Gasteiger charge is 1.89. The van der Waals surface area contributed by atoms with Gasteiger partial charge in [-0.1, -0.05) is 6.92 Å². The molecule has 1 heterocycles. The van der Waals surface area contributed by atoms with Crippen LogP contribution in [0.15, 0.2) is 11.4 Å². The minimum atomic E-state index is 1.17. The summed E-state index contributed by atoms with van der Waals surface area (Å²) in [5.41, 5.74) is 1.47. The van der Waals surface area contributed by atoms with Crippen molar-refractivity contribution in [3.63, 3.8) is 0 Å². The van der Waals surface area contributed by atoms with Crippen molar-refractivity contribution >= 4 is 11.3 Å². The largest absolute Gasteiger partial charge is 0.149 e. The summed E-state index contributed by atoms with van der Waals surface area (Å²) < 4.78 is 0. The lowest BCUT2D eigenvalue weighted by atomic mass is 10.2. The van der Waals surface area contributed by atoms with Crippen LogP contribution in [-0.4, -0.2) is 0 Å². The van der Waals surface area contributed by atoms with Gasteiger partial charge < -0.3 is 0 Å². The normalized spacial score (nSPS) is 9.75. The minimum absolute atomic E-state index is 1.17. The van der Waals surface area contributed by atoms with Gasteiger partial charge in [-0.3, -0.25) is 0 Å². The third-order valence-corrected chi connectivity index (χ3v) is 2.10. The summed E-state index contributed by atoms with van der Waals surface area (Å²) in [5.74, 6) is 0. The Hall–Kier alpha value is -0.300. The summed E-state index contributed by atoms with van der Waals surface area (Å²) in [6.45, 7) is 4.32. The zero-order chi connectivity index (χ0) is 5.98. The molecule has 1 heteroatoms. The van der Waals surface area contributed by atoms with Crippen molar-refractivity contribution in [1.82, 2.24) is 0 Å². The molecule has 0 fully saturated rings. The molecule has 0 unspecified atom stereocenters. The van der Waals surface area contributed by atoms with Crippen LogP contribution in [0.25, 0.3) is 0 Å².